The van der Waals surface area contributed by atoms with Gasteiger partial charge in [-0.05, 0) is 23.6 Å². The Balaban J connectivity index is 1.41. The number of ether oxygens (including phenoxy) is 2. The van der Waals surface area contributed by atoms with Crippen molar-refractivity contribution in [3.05, 3.63) is 159 Å². The summed E-state index contributed by atoms with van der Waals surface area (Å²) in [7, 11) is -4.30. The van der Waals surface area contributed by atoms with Gasteiger partial charge in [-0.2, -0.15) is 8.42 Å². The van der Waals surface area contributed by atoms with Crippen molar-refractivity contribution >= 4 is 10.3 Å². The van der Waals surface area contributed by atoms with Gasteiger partial charge in [-0.25, -0.2) is 17.9 Å². The number of H-pyrrole nitrogens is 1. The number of aryl methyl sites for hydroxylation is 1. The summed E-state index contributed by atoms with van der Waals surface area (Å²) in [6.07, 6.45) is 2.16. The smallest absolute Gasteiger partial charge is 0.358 e. The lowest BCUT2D eigenvalue weighted by molar-refractivity contribution is -0.0912. The van der Waals surface area contributed by atoms with Gasteiger partial charge < -0.3 is 9.47 Å². The van der Waals surface area contributed by atoms with Crippen LogP contribution in [0.25, 0.3) is 0 Å². The zero-order chi connectivity index (χ0) is 30.7. The van der Waals surface area contributed by atoms with E-state index in [4.69, 9.17) is 13.7 Å². The van der Waals surface area contributed by atoms with Crippen LogP contribution in [0.3, 0.4) is 0 Å². The SMILES string of the molecule is Cc1cn([C@H]2C[C@H](OS(=O)(=O)n3ccnc3)[C@@H](COC(c3ccccc3)(c3ccccc3)c3ccccc3)O2)c(=O)[nH]c1=O. The predicted molar refractivity (Wildman–Crippen MR) is 161 cm³/mol. The van der Waals surface area contributed by atoms with E-state index in [1.165, 1.54) is 23.2 Å². The summed E-state index contributed by atoms with van der Waals surface area (Å²) in [5.74, 6) is 0. The van der Waals surface area contributed by atoms with Gasteiger partial charge in [0.2, 0.25) is 0 Å². The van der Waals surface area contributed by atoms with E-state index in [9.17, 15) is 18.0 Å². The number of aromatic amines is 1. The summed E-state index contributed by atoms with van der Waals surface area (Å²) < 4.78 is 47.3. The van der Waals surface area contributed by atoms with Gasteiger partial charge in [0.1, 0.15) is 30.4 Å². The van der Waals surface area contributed by atoms with Gasteiger partial charge in [0.25, 0.3) is 5.56 Å². The highest BCUT2D eigenvalue weighted by Crippen LogP contribution is 2.42. The van der Waals surface area contributed by atoms with Crippen molar-refractivity contribution in [2.45, 2.75) is 37.4 Å². The molecule has 0 spiro atoms. The molecule has 11 nitrogen and oxygen atoms in total. The summed E-state index contributed by atoms with van der Waals surface area (Å²) in [6.45, 7) is 1.45. The largest absolute Gasteiger partial charge is 0.367 e. The molecule has 0 amide bonds. The van der Waals surface area contributed by atoms with E-state index in [0.717, 1.165) is 27.0 Å². The number of rotatable bonds is 10. The quantitative estimate of drug-likeness (QED) is 0.236. The van der Waals surface area contributed by atoms with Crippen molar-refractivity contribution in [3.63, 3.8) is 0 Å². The number of imidazole rings is 1. The maximum atomic E-state index is 13.2. The van der Waals surface area contributed by atoms with Gasteiger partial charge in [-0.3, -0.25) is 14.3 Å². The highest BCUT2D eigenvalue weighted by Gasteiger charge is 2.44. The molecule has 0 radical (unpaired) electrons. The van der Waals surface area contributed by atoms with Crippen LogP contribution in [0.15, 0.2) is 126 Å². The van der Waals surface area contributed by atoms with Crippen LogP contribution in [0.2, 0.25) is 0 Å². The van der Waals surface area contributed by atoms with Crippen LogP contribution in [0.5, 0.6) is 0 Å². The van der Waals surface area contributed by atoms with Crippen molar-refractivity contribution in [1.82, 2.24) is 18.5 Å². The summed E-state index contributed by atoms with van der Waals surface area (Å²) in [4.78, 5) is 30.9. The Hall–Kier alpha value is -4.62. The second kappa shape index (κ2) is 12.2. The Morgan fingerprint density at radius 2 is 1.50 bits per heavy atom. The first-order valence-electron chi connectivity index (χ1n) is 14.0. The normalized spacial score (nSPS) is 18.8. The monoisotopic (exact) mass is 614 g/mol. The Bertz CT molecular complexity index is 1830. The Labute approximate surface area is 253 Å². The van der Waals surface area contributed by atoms with Crippen molar-refractivity contribution in [2.24, 2.45) is 0 Å². The fraction of sp³-hybridized carbons (Fsp3) is 0.219. The van der Waals surface area contributed by atoms with E-state index < -0.39 is 45.6 Å². The molecular weight excluding hydrogens is 584 g/mol. The maximum absolute atomic E-state index is 13.2. The van der Waals surface area contributed by atoms with Crippen LogP contribution >= 0.6 is 0 Å². The van der Waals surface area contributed by atoms with Gasteiger partial charge in [0.15, 0.2) is 0 Å². The van der Waals surface area contributed by atoms with E-state index in [1.54, 1.807) is 6.92 Å². The molecule has 2 aromatic heterocycles. The molecule has 0 saturated carbocycles. The number of nitrogens with one attached hydrogen (secondary N) is 1. The first-order chi connectivity index (χ1) is 21.3. The van der Waals surface area contributed by atoms with E-state index in [2.05, 4.69) is 9.97 Å². The minimum absolute atomic E-state index is 0.0116. The maximum Gasteiger partial charge on any atom is 0.367 e. The van der Waals surface area contributed by atoms with E-state index in [0.29, 0.717) is 5.56 Å². The lowest BCUT2D eigenvalue weighted by Crippen LogP contribution is -2.39. The van der Waals surface area contributed by atoms with E-state index >= 15 is 0 Å². The molecule has 0 bridgehead atoms. The first-order valence-corrected chi connectivity index (χ1v) is 15.3. The average molecular weight is 615 g/mol. The van der Waals surface area contributed by atoms with Crippen molar-refractivity contribution < 1.29 is 22.1 Å². The molecule has 1 saturated heterocycles. The minimum Gasteiger partial charge on any atom is -0.358 e. The van der Waals surface area contributed by atoms with Crippen molar-refractivity contribution in [3.8, 4) is 0 Å². The predicted octanol–water partition coefficient (Wildman–Crippen LogP) is 3.52. The summed E-state index contributed by atoms with van der Waals surface area (Å²) in [5.41, 5.74) is 0.541. The molecule has 12 heteroatoms. The van der Waals surface area contributed by atoms with Gasteiger partial charge in [0, 0.05) is 30.6 Å². The Morgan fingerprint density at radius 1 is 0.932 bits per heavy atom. The van der Waals surface area contributed by atoms with Gasteiger partial charge >= 0.3 is 16.0 Å². The van der Waals surface area contributed by atoms with E-state index in [1.807, 2.05) is 91.0 Å². The molecule has 0 unspecified atom stereocenters. The summed E-state index contributed by atoms with van der Waals surface area (Å²) in [6, 6.07) is 29.1. The lowest BCUT2D eigenvalue weighted by Gasteiger charge is -2.37. The molecule has 3 heterocycles. The Kier molecular flexibility index (Phi) is 8.15. The number of benzene rings is 3. The summed E-state index contributed by atoms with van der Waals surface area (Å²) in [5, 5.41) is 0. The number of nitrogens with zero attached hydrogens (tertiary/aromatic N) is 3. The third-order valence-electron chi connectivity index (χ3n) is 7.63. The molecular formula is C32H30N4O7S. The molecule has 1 N–H and O–H groups in total. The summed E-state index contributed by atoms with van der Waals surface area (Å²) >= 11 is 0. The Morgan fingerprint density at radius 3 is 2.02 bits per heavy atom. The molecule has 3 atom stereocenters. The van der Waals surface area contributed by atoms with Crippen LogP contribution in [-0.4, -0.2) is 45.7 Å². The van der Waals surface area contributed by atoms with Gasteiger partial charge in [-0.15, -0.1) is 0 Å². The third-order valence-corrected chi connectivity index (χ3v) is 8.85. The zero-order valence-electron chi connectivity index (χ0n) is 23.7. The molecule has 1 aliphatic rings. The van der Waals surface area contributed by atoms with Crippen LogP contribution in [-0.2, 0) is 29.6 Å². The minimum atomic E-state index is -4.30. The number of hydrogen-bond acceptors (Lipinski definition) is 8. The topological polar surface area (TPSA) is 135 Å². The van der Waals surface area contributed by atoms with E-state index in [-0.39, 0.29) is 13.0 Å². The molecule has 1 fully saturated rings. The van der Waals surface area contributed by atoms with Gasteiger partial charge in [-0.1, -0.05) is 91.0 Å². The number of aromatic nitrogens is 4. The van der Waals surface area contributed by atoms with Crippen LogP contribution in [0.1, 0.15) is 34.9 Å². The van der Waals surface area contributed by atoms with Crippen molar-refractivity contribution in [2.75, 3.05) is 6.61 Å². The van der Waals surface area contributed by atoms with Crippen LogP contribution in [0, 0.1) is 6.92 Å². The highest BCUT2D eigenvalue weighted by atomic mass is 32.2. The molecule has 226 valence electrons. The fourth-order valence-electron chi connectivity index (χ4n) is 5.48. The molecule has 5 aromatic rings. The fourth-order valence-corrected chi connectivity index (χ4v) is 6.47. The standard InChI is InChI=1S/C32H30N4O7S/c1-23-20-36(31(38)34-30(23)37)29-19-27(43-44(39,40)35-18-17-33-22-35)28(42-29)21-41-32(24-11-5-2-6-12-24,25-13-7-3-8-14-25)26-15-9-4-10-16-26/h2-18,20,22,27-29H,19,21H2,1H3,(H,34,37,38)/t27-,28+,29+/m0/s1. The third kappa shape index (κ3) is 5.67. The lowest BCUT2D eigenvalue weighted by atomic mass is 9.80. The first kappa shape index (κ1) is 29.5. The van der Waals surface area contributed by atoms with Crippen LogP contribution in [0.4, 0.5) is 0 Å². The molecule has 0 aliphatic carbocycles. The average Bonchev–Trinajstić information content (AvgIpc) is 3.72. The second-order valence-electron chi connectivity index (χ2n) is 10.4. The molecule has 3 aromatic carbocycles. The van der Waals surface area contributed by atoms with Crippen LogP contribution < -0.4 is 11.2 Å². The highest BCUT2D eigenvalue weighted by molar-refractivity contribution is 7.85. The molecule has 6 rings (SSSR count). The second-order valence-corrected chi connectivity index (χ2v) is 11.9. The molecule has 44 heavy (non-hydrogen) atoms. The van der Waals surface area contributed by atoms with Crippen molar-refractivity contribution in [1.29, 1.82) is 0 Å². The molecule has 1 aliphatic heterocycles. The zero-order valence-corrected chi connectivity index (χ0v) is 24.5. The number of hydrogen-bond donors (Lipinski definition) is 1. The van der Waals surface area contributed by atoms with Gasteiger partial charge in [0.05, 0.1) is 6.61 Å².